The number of hydrogen-bond donors (Lipinski definition) is 1. The smallest absolute Gasteiger partial charge is 0.133 e. The van der Waals surface area contributed by atoms with Crippen molar-refractivity contribution in [3.05, 3.63) is 70.8 Å². The lowest BCUT2D eigenvalue weighted by Crippen LogP contribution is -2.07. The van der Waals surface area contributed by atoms with E-state index in [-0.39, 0.29) is 11.8 Å². The molecule has 2 aliphatic carbocycles. The average molecular weight is 291 g/mol. The predicted octanol–water partition coefficient (Wildman–Crippen LogP) is 4.14. The maximum atomic E-state index is 10.6. The summed E-state index contributed by atoms with van der Waals surface area (Å²) in [5.74, 6) is 0.149. The van der Waals surface area contributed by atoms with E-state index in [4.69, 9.17) is 23.2 Å². The fourth-order valence-corrected chi connectivity index (χ4v) is 4.20. The quantitative estimate of drug-likeness (QED) is 0.723. The molecular weight excluding hydrogens is 279 g/mol. The Morgan fingerprint density at radius 2 is 1.11 bits per heavy atom. The second kappa shape index (κ2) is 3.76. The van der Waals surface area contributed by atoms with Crippen LogP contribution in [0.5, 0.6) is 0 Å². The zero-order valence-electron chi connectivity index (χ0n) is 10.1. The Kier molecular flexibility index (Phi) is 2.33. The first-order valence-corrected chi connectivity index (χ1v) is 7.11. The highest BCUT2D eigenvalue weighted by Gasteiger charge is 2.66. The Morgan fingerprint density at radius 1 is 0.737 bits per heavy atom. The van der Waals surface area contributed by atoms with E-state index in [0.717, 1.165) is 22.3 Å². The molecule has 2 aromatic rings. The molecule has 0 heterocycles. The molecule has 0 radical (unpaired) electrons. The molecule has 1 nitrogen and oxygen atoms in total. The van der Waals surface area contributed by atoms with E-state index in [9.17, 15) is 5.11 Å². The van der Waals surface area contributed by atoms with E-state index in [2.05, 4.69) is 0 Å². The molecule has 2 aromatic carbocycles. The van der Waals surface area contributed by atoms with Crippen LogP contribution in [0.1, 0.15) is 40.2 Å². The van der Waals surface area contributed by atoms with Crippen LogP contribution in [-0.4, -0.2) is 9.44 Å². The van der Waals surface area contributed by atoms with Crippen molar-refractivity contribution in [3.63, 3.8) is 0 Å². The predicted molar refractivity (Wildman–Crippen MR) is 76.9 cm³/mol. The minimum absolute atomic E-state index is 0.0744. The molecular formula is C16H12Cl2O. The van der Waals surface area contributed by atoms with E-state index in [1.165, 1.54) is 0 Å². The molecule has 1 N–H and O–H groups in total. The third-order valence-corrected chi connectivity index (χ3v) is 5.25. The van der Waals surface area contributed by atoms with Gasteiger partial charge in [-0.3, -0.25) is 0 Å². The Hall–Kier alpha value is -1.02. The number of benzene rings is 2. The van der Waals surface area contributed by atoms with E-state index < -0.39 is 10.4 Å². The standard InChI is InChI=1S/C16H12Cl2O/c17-16(18)13-9-5-1-3-7-11(9)15(19)12-8-4-2-6-10(12)14(13)16/h1-8,13-15,19H/t13-,14-/m0/s1. The lowest BCUT2D eigenvalue weighted by Gasteiger charge is -2.17. The number of halogens is 2. The van der Waals surface area contributed by atoms with Gasteiger partial charge in [0.15, 0.2) is 0 Å². The fraction of sp³-hybridized carbons (Fsp3) is 0.250. The Labute approximate surface area is 121 Å². The van der Waals surface area contributed by atoms with Gasteiger partial charge in [0.25, 0.3) is 0 Å². The molecule has 1 fully saturated rings. The van der Waals surface area contributed by atoms with Gasteiger partial charge in [-0.2, -0.15) is 0 Å². The van der Waals surface area contributed by atoms with Gasteiger partial charge < -0.3 is 5.11 Å². The number of hydrogen-bond acceptors (Lipinski definition) is 1. The van der Waals surface area contributed by atoms with Gasteiger partial charge in [-0.05, 0) is 22.3 Å². The molecule has 19 heavy (non-hydrogen) atoms. The van der Waals surface area contributed by atoms with Crippen molar-refractivity contribution >= 4 is 23.2 Å². The molecule has 0 saturated heterocycles. The van der Waals surface area contributed by atoms with Crippen molar-refractivity contribution < 1.29 is 5.11 Å². The minimum Gasteiger partial charge on any atom is -0.384 e. The first kappa shape index (κ1) is 11.8. The molecule has 0 unspecified atom stereocenters. The molecule has 4 rings (SSSR count). The van der Waals surface area contributed by atoms with Crippen molar-refractivity contribution in [1.29, 1.82) is 0 Å². The molecule has 2 atom stereocenters. The molecule has 0 spiro atoms. The van der Waals surface area contributed by atoms with Crippen LogP contribution in [0.2, 0.25) is 0 Å². The number of aliphatic hydroxyl groups is 1. The van der Waals surface area contributed by atoms with Crippen molar-refractivity contribution in [1.82, 2.24) is 0 Å². The van der Waals surface area contributed by atoms with Crippen LogP contribution in [0.25, 0.3) is 0 Å². The largest absolute Gasteiger partial charge is 0.384 e. The second-order valence-electron chi connectivity index (χ2n) is 5.29. The topological polar surface area (TPSA) is 20.2 Å². The highest BCUT2D eigenvalue weighted by atomic mass is 35.5. The summed E-state index contributed by atoms with van der Waals surface area (Å²) < 4.78 is -0.758. The van der Waals surface area contributed by atoms with Gasteiger partial charge in [-0.15, -0.1) is 23.2 Å². The van der Waals surface area contributed by atoms with Crippen LogP contribution in [0, 0.1) is 0 Å². The van der Waals surface area contributed by atoms with Gasteiger partial charge in [0.2, 0.25) is 0 Å². The lowest BCUT2D eigenvalue weighted by molar-refractivity contribution is 0.219. The van der Waals surface area contributed by atoms with Crippen LogP contribution < -0.4 is 0 Å². The van der Waals surface area contributed by atoms with Crippen LogP contribution in [0.3, 0.4) is 0 Å². The molecule has 96 valence electrons. The third kappa shape index (κ3) is 1.47. The van der Waals surface area contributed by atoms with Gasteiger partial charge in [0.1, 0.15) is 10.4 Å². The monoisotopic (exact) mass is 290 g/mol. The number of alkyl halides is 2. The molecule has 2 aliphatic rings. The van der Waals surface area contributed by atoms with Crippen molar-refractivity contribution in [2.24, 2.45) is 0 Å². The molecule has 0 aromatic heterocycles. The fourth-order valence-electron chi connectivity index (χ4n) is 3.35. The highest BCUT2D eigenvalue weighted by Crippen LogP contribution is 2.72. The van der Waals surface area contributed by atoms with E-state index in [1.807, 2.05) is 48.5 Å². The van der Waals surface area contributed by atoms with E-state index in [1.54, 1.807) is 0 Å². The Morgan fingerprint density at radius 3 is 1.53 bits per heavy atom. The van der Waals surface area contributed by atoms with Crippen molar-refractivity contribution in [2.45, 2.75) is 22.3 Å². The van der Waals surface area contributed by atoms with Crippen LogP contribution in [0.15, 0.2) is 48.5 Å². The van der Waals surface area contributed by atoms with E-state index in [0.29, 0.717) is 0 Å². The first-order chi connectivity index (χ1) is 9.12. The summed E-state index contributed by atoms with van der Waals surface area (Å²) in [4.78, 5) is 0. The van der Waals surface area contributed by atoms with Crippen LogP contribution in [-0.2, 0) is 0 Å². The van der Waals surface area contributed by atoms with Gasteiger partial charge in [0, 0.05) is 11.8 Å². The summed E-state index contributed by atoms with van der Waals surface area (Å²) >= 11 is 12.9. The number of fused-ring (bicyclic) bond motifs is 5. The highest BCUT2D eigenvalue weighted by molar-refractivity contribution is 6.52. The maximum Gasteiger partial charge on any atom is 0.133 e. The summed E-state index contributed by atoms with van der Waals surface area (Å²) in [6, 6.07) is 15.8. The van der Waals surface area contributed by atoms with E-state index >= 15 is 0 Å². The molecule has 0 bridgehead atoms. The summed E-state index contributed by atoms with van der Waals surface area (Å²) in [5.41, 5.74) is 3.98. The van der Waals surface area contributed by atoms with Crippen molar-refractivity contribution in [3.8, 4) is 0 Å². The van der Waals surface area contributed by atoms with Crippen molar-refractivity contribution in [2.75, 3.05) is 0 Å². The number of rotatable bonds is 0. The SMILES string of the molecule is OC1c2ccccc2[C@H]2[C@H](c3ccccc31)C2(Cl)Cl. The van der Waals surface area contributed by atoms with Crippen LogP contribution in [0.4, 0.5) is 0 Å². The lowest BCUT2D eigenvalue weighted by atomic mass is 9.95. The van der Waals surface area contributed by atoms with Gasteiger partial charge in [-0.25, -0.2) is 0 Å². The number of aliphatic hydroxyl groups excluding tert-OH is 1. The average Bonchev–Trinajstić information content (AvgIpc) is 3.02. The molecule has 3 heteroatoms. The molecule has 0 amide bonds. The van der Waals surface area contributed by atoms with Crippen LogP contribution >= 0.6 is 23.2 Å². The minimum atomic E-state index is -0.758. The normalized spacial score (nSPS) is 26.9. The summed E-state index contributed by atoms with van der Waals surface area (Å²) in [5, 5.41) is 10.6. The Balaban J connectivity index is 2.02. The molecule has 0 aliphatic heterocycles. The Bertz CT molecular complexity index is 610. The van der Waals surface area contributed by atoms with Gasteiger partial charge in [0.05, 0.1) is 0 Å². The van der Waals surface area contributed by atoms with Gasteiger partial charge >= 0.3 is 0 Å². The summed E-state index contributed by atoms with van der Waals surface area (Å²) in [6.07, 6.45) is -0.593. The maximum absolute atomic E-state index is 10.6. The zero-order valence-corrected chi connectivity index (χ0v) is 11.6. The summed E-state index contributed by atoms with van der Waals surface area (Å²) in [6.45, 7) is 0. The second-order valence-corrected chi connectivity index (χ2v) is 6.73. The molecule has 1 saturated carbocycles. The summed E-state index contributed by atoms with van der Waals surface area (Å²) in [7, 11) is 0. The van der Waals surface area contributed by atoms with Gasteiger partial charge in [-0.1, -0.05) is 48.5 Å². The zero-order chi connectivity index (χ0) is 13.2. The third-order valence-electron chi connectivity index (χ3n) is 4.30. The first-order valence-electron chi connectivity index (χ1n) is 6.36.